The van der Waals surface area contributed by atoms with E-state index < -0.39 is 0 Å². The lowest BCUT2D eigenvalue weighted by Crippen LogP contribution is -2.42. The van der Waals surface area contributed by atoms with Crippen molar-refractivity contribution < 1.29 is 28.5 Å². The van der Waals surface area contributed by atoms with Gasteiger partial charge in [-0.15, -0.1) is 0 Å². The molecule has 1 aliphatic rings. The van der Waals surface area contributed by atoms with Gasteiger partial charge in [-0.1, -0.05) is 18.2 Å². The van der Waals surface area contributed by atoms with Crippen LogP contribution in [0.1, 0.15) is 10.4 Å². The molecule has 0 atom stereocenters. The first-order chi connectivity index (χ1) is 16.0. The molecule has 0 unspecified atom stereocenters. The Balaban J connectivity index is 1.74. The molecule has 170 valence electrons. The molecule has 3 aromatic carbocycles. The molecular weight excluding hydrogens is 424 g/mol. The molecule has 3 aromatic rings. The first kappa shape index (κ1) is 22.0. The van der Waals surface area contributed by atoms with Crippen LogP contribution < -0.4 is 29.2 Å². The minimum Gasteiger partial charge on any atom is -0.497 e. The number of benzene rings is 3. The number of hydrogen-bond acceptors (Lipinski definition) is 6. The van der Waals surface area contributed by atoms with Crippen molar-refractivity contribution in [2.24, 2.45) is 0 Å². The summed E-state index contributed by atoms with van der Waals surface area (Å²) < 4.78 is 21.4. The molecule has 8 nitrogen and oxygen atoms in total. The Kier molecular flexibility index (Phi) is 6.08. The lowest BCUT2D eigenvalue weighted by atomic mass is 10.0. The number of hydrogen-bond donors (Lipinski definition) is 1. The van der Waals surface area contributed by atoms with Gasteiger partial charge in [-0.3, -0.25) is 14.5 Å². The maximum Gasteiger partial charge on any atom is 0.259 e. The number of fused-ring (bicyclic) bond motifs is 1. The monoisotopic (exact) mass is 448 g/mol. The van der Waals surface area contributed by atoms with Crippen LogP contribution in [0, 0.1) is 0 Å². The van der Waals surface area contributed by atoms with Crippen molar-refractivity contribution in [2.45, 2.75) is 0 Å². The zero-order valence-electron chi connectivity index (χ0n) is 18.8. The smallest absolute Gasteiger partial charge is 0.259 e. The fourth-order valence-electron chi connectivity index (χ4n) is 3.81. The summed E-state index contributed by atoms with van der Waals surface area (Å²) in [5.41, 5.74) is 3.27. The molecule has 0 fully saturated rings. The fraction of sp³-hybridized carbons (Fsp3) is 0.200. The zero-order valence-corrected chi connectivity index (χ0v) is 18.8. The van der Waals surface area contributed by atoms with Gasteiger partial charge >= 0.3 is 0 Å². The Morgan fingerprint density at radius 2 is 1.55 bits per heavy atom. The SMILES string of the molecule is COc1cccc(-c2ccc3c(c2)NC(=O)CN3C(=O)c2cc(OC)c(OC)c(OC)c2)c1. The molecule has 0 saturated heterocycles. The van der Waals surface area contributed by atoms with Crippen LogP contribution in [0.2, 0.25) is 0 Å². The van der Waals surface area contributed by atoms with E-state index in [-0.39, 0.29) is 18.4 Å². The first-order valence-electron chi connectivity index (χ1n) is 10.2. The topological polar surface area (TPSA) is 86.3 Å². The van der Waals surface area contributed by atoms with Crippen molar-refractivity contribution in [1.82, 2.24) is 0 Å². The highest BCUT2D eigenvalue weighted by Crippen LogP contribution is 2.40. The first-order valence-corrected chi connectivity index (χ1v) is 10.2. The third-order valence-electron chi connectivity index (χ3n) is 5.42. The average Bonchev–Trinajstić information content (AvgIpc) is 2.86. The molecule has 0 bridgehead atoms. The van der Waals surface area contributed by atoms with Crippen molar-refractivity contribution >= 4 is 23.2 Å². The molecule has 8 heteroatoms. The second-order valence-electron chi connectivity index (χ2n) is 7.32. The zero-order chi connectivity index (χ0) is 23.5. The lowest BCUT2D eigenvalue weighted by molar-refractivity contribution is -0.115. The van der Waals surface area contributed by atoms with Gasteiger partial charge in [-0.2, -0.15) is 0 Å². The van der Waals surface area contributed by atoms with Crippen molar-refractivity contribution in [1.29, 1.82) is 0 Å². The van der Waals surface area contributed by atoms with Crippen molar-refractivity contribution in [3.05, 3.63) is 60.2 Å². The van der Waals surface area contributed by atoms with Crippen LogP contribution in [0.25, 0.3) is 11.1 Å². The molecule has 33 heavy (non-hydrogen) atoms. The van der Waals surface area contributed by atoms with E-state index in [0.717, 1.165) is 16.9 Å². The molecular formula is C25H24N2O6. The van der Waals surface area contributed by atoms with Crippen LogP contribution in [0.4, 0.5) is 11.4 Å². The van der Waals surface area contributed by atoms with Gasteiger partial charge in [-0.25, -0.2) is 0 Å². The quantitative estimate of drug-likeness (QED) is 0.614. The molecule has 0 radical (unpaired) electrons. The van der Waals surface area contributed by atoms with Gasteiger partial charge in [-0.05, 0) is 47.5 Å². The van der Waals surface area contributed by atoms with Crippen molar-refractivity contribution in [3.63, 3.8) is 0 Å². The standard InChI is InChI=1S/C25H24N2O6/c1-30-18-7-5-6-15(10-18)16-8-9-20-19(11-16)26-23(28)14-27(20)25(29)17-12-21(31-2)24(33-4)22(13-17)32-3/h5-13H,14H2,1-4H3,(H,26,28). The van der Waals surface area contributed by atoms with Crippen LogP contribution in [-0.4, -0.2) is 46.8 Å². The Morgan fingerprint density at radius 1 is 0.848 bits per heavy atom. The van der Waals surface area contributed by atoms with Gasteiger partial charge in [0.15, 0.2) is 11.5 Å². The number of nitrogens with one attached hydrogen (secondary N) is 1. The summed E-state index contributed by atoms with van der Waals surface area (Å²) >= 11 is 0. The Hall–Kier alpha value is -4.20. The highest BCUT2D eigenvalue weighted by atomic mass is 16.5. The summed E-state index contributed by atoms with van der Waals surface area (Å²) in [4.78, 5) is 27.4. The molecule has 0 spiro atoms. The predicted molar refractivity (Wildman–Crippen MR) is 125 cm³/mol. The number of methoxy groups -OCH3 is 4. The number of anilines is 2. The Morgan fingerprint density at radius 3 is 2.18 bits per heavy atom. The third-order valence-corrected chi connectivity index (χ3v) is 5.42. The number of carbonyl (C=O) groups excluding carboxylic acids is 2. The predicted octanol–water partition coefficient (Wildman–Crippen LogP) is 3.99. The van der Waals surface area contributed by atoms with Crippen LogP contribution >= 0.6 is 0 Å². The molecule has 1 N–H and O–H groups in total. The highest BCUT2D eigenvalue weighted by molar-refractivity contribution is 6.15. The number of rotatable bonds is 6. The minimum absolute atomic E-state index is 0.110. The fourth-order valence-corrected chi connectivity index (χ4v) is 3.81. The molecule has 0 aliphatic carbocycles. The normalized spacial score (nSPS) is 12.5. The summed E-state index contributed by atoms with van der Waals surface area (Å²) in [5, 5.41) is 2.86. The van der Waals surface area contributed by atoms with Crippen LogP contribution in [-0.2, 0) is 4.79 Å². The van der Waals surface area contributed by atoms with E-state index in [0.29, 0.717) is 34.2 Å². The summed E-state index contributed by atoms with van der Waals surface area (Å²) in [7, 11) is 6.07. The van der Waals surface area contributed by atoms with E-state index in [9.17, 15) is 9.59 Å². The van der Waals surface area contributed by atoms with E-state index in [4.69, 9.17) is 18.9 Å². The summed E-state index contributed by atoms with van der Waals surface area (Å²) in [5.74, 6) is 1.18. The van der Waals surface area contributed by atoms with E-state index >= 15 is 0 Å². The number of ether oxygens (including phenoxy) is 4. The van der Waals surface area contributed by atoms with E-state index in [2.05, 4.69) is 5.32 Å². The largest absolute Gasteiger partial charge is 0.497 e. The van der Waals surface area contributed by atoms with E-state index in [1.165, 1.54) is 26.2 Å². The van der Waals surface area contributed by atoms with Gasteiger partial charge in [0.2, 0.25) is 11.7 Å². The molecule has 2 amide bonds. The average molecular weight is 448 g/mol. The van der Waals surface area contributed by atoms with Gasteiger partial charge in [0, 0.05) is 5.56 Å². The van der Waals surface area contributed by atoms with Crippen molar-refractivity contribution in [2.75, 3.05) is 45.2 Å². The maximum absolute atomic E-state index is 13.5. The summed E-state index contributed by atoms with van der Waals surface area (Å²) in [6.07, 6.45) is 0. The molecule has 1 heterocycles. The van der Waals surface area contributed by atoms with Crippen LogP contribution in [0.15, 0.2) is 54.6 Å². The van der Waals surface area contributed by atoms with Crippen LogP contribution in [0.5, 0.6) is 23.0 Å². The Labute approximate surface area is 191 Å². The number of carbonyl (C=O) groups is 2. The van der Waals surface area contributed by atoms with E-state index in [1.54, 1.807) is 19.2 Å². The van der Waals surface area contributed by atoms with Gasteiger partial charge in [0.05, 0.1) is 39.8 Å². The minimum atomic E-state index is -0.362. The summed E-state index contributed by atoms with van der Waals surface area (Å²) in [6.45, 7) is -0.110. The molecule has 0 saturated carbocycles. The lowest BCUT2D eigenvalue weighted by Gasteiger charge is -2.30. The van der Waals surface area contributed by atoms with Gasteiger partial charge in [0.1, 0.15) is 12.3 Å². The highest BCUT2D eigenvalue weighted by Gasteiger charge is 2.29. The number of nitrogens with zero attached hydrogens (tertiary/aromatic N) is 1. The second kappa shape index (κ2) is 9.12. The van der Waals surface area contributed by atoms with Gasteiger partial charge < -0.3 is 24.3 Å². The molecule has 4 rings (SSSR count). The van der Waals surface area contributed by atoms with E-state index in [1.807, 2.05) is 42.5 Å². The Bertz CT molecular complexity index is 1200. The third kappa shape index (κ3) is 4.15. The summed E-state index contributed by atoms with van der Waals surface area (Å²) in [6, 6.07) is 16.3. The molecule has 1 aliphatic heterocycles. The second-order valence-corrected chi connectivity index (χ2v) is 7.32. The van der Waals surface area contributed by atoms with Crippen LogP contribution in [0.3, 0.4) is 0 Å². The van der Waals surface area contributed by atoms with Gasteiger partial charge in [0.25, 0.3) is 5.91 Å². The van der Waals surface area contributed by atoms with Crippen molar-refractivity contribution in [3.8, 4) is 34.1 Å². The number of amides is 2. The molecule has 0 aromatic heterocycles. The maximum atomic E-state index is 13.5.